The molecular formula is C21H36IN5O2. The number of hydrogen-bond donors (Lipinski definition) is 2. The number of nitrogens with one attached hydrogen (secondary N) is 2. The largest absolute Gasteiger partial charge is 0.379 e. The predicted octanol–water partition coefficient (Wildman–Crippen LogP) is 1.92. The van der Waals surface area contributed by atoms with Gasteiger partial charge in [0.25, 0.3) is 0 Å². The molecule has 0 atom stereocenters. The molecule has 1 saturated heterocycles. The van der Waals surface area contributed by atoms with Crippen LogP contribution in [0.25, 0.3) is 0 Å². The Morgan fingerprint density at radius 1 is 1.17 bits per heavy atom. The molecule has 0 unspecified atom stereocenters. The Morgan fingerprint density at radius 3 is 2.45 bits per heavy atom. The molecule has 1 aromatic rings. The van der Waals surface area contributed by atoms with Crippen LogP contribution < -0.4 is 10.6 Å². The second kappa shape index (κ2) is 13.8. The lowest BCUT2D eigenvalue weighted by atomic mass is 10.1. The molecule has 1 heterocycles. The molecule has 8 heteroatoms. The fourth-order valence-corrected chi connectivity index (χ4v) is 2.82. The zero-order valence-corrected chi connectivity index (χ0v) is 20.4. The summed E-state index contributed by atoms with van der Waals surface area (Å²) >= 11 is 0. The summed E-state index contributed by atoms with van der Waals surface area (Å²) in [7, 11) is 3.51. The molecule has 0 bridgehead atoms. The van der Waals surface area contributed by atoms with Gasteiger partial charge in [0.15, 0.2) is 5.96 Å². The highest BCUT2D eigenvalue weighted by molar-refractivity contribution is 14.0. The zero-order valence-electron chi connectivity index (χ0n) is 18.1. The van der Waals surface area contributed by atoms with Gasteiger partial charge in [-0.1, -0.05) is 38.1 Å². The maximum atomic E-state index is 11.9. The standard InChI is InChI=1S/C21H35N5O2.HI/c1-17(2)13-22-21(24-15-20(27)25(3)4)23-14-18-7-5-6-8-19(18)16-26-9-11-28-12-10-26;/h5-8,17H,9-16H2,1-4H3,(H2,22,23,24);1H. The minimum absolute atomic E-state index is 0. The Balaban J connectivity index is 0.00000420. The molecule has 29 heavy (non-hydrogen) atoms. The van der Waals surface area contributed by atoms with Crippen LogP contribution in [0.4, 0.5) is 0 Å². The van der Waals surface area contributed by atoms with Gasteiger partial charge in [-0.15, -0.1) is 24.0 Å². The van der Waals surface area contributed by atoms with E-state index in [1.54, 1.807) is 19.0 Å². The summed E-state index contributed by atoms with van der Waals surface area (Å²) in [5.41, 5.74) is 2.50. The van der Waals surface area contributed by atoms with E-state index >= 15 is 0 Å². The Bertz CT molecular complexity index is 646. The van der Waals surface area contributed by atoms with Gasteiger partial charge in [-0.25, -0.2) is 4.99 Å². The third kappa shape index (κ3) is 9.77. The van der Waals surface area contributed by atoms with Gasteiger partial charge in [0.05, 0.1) is 26.3 Å². The van der Waals surface area contributed by atoms with Gasteiger partial charge in [-0.2, -0.15) is 0 Å². The molecule has 0 aromatic heterocycles. The third-order valence-electron chi connectivity index (χ3n) is 4.61. The number of morpholine rings is 1. The summed E-state index contributed by atoms with van der Waals surface area (Å²) in [6.07, 6.45) is 0. The van der Waals surface area contributed by atoms with Gasteiger partial charge in [0.1, 0.15) is 0 Å². The highest BCUT2D eigenvalue weighted by atomic mass is 127. The number of carbonyl (C=O) groups excluding carboxylic acids is 1. The van der Waals surface area contributed by atoms with Gasteiger partial charge in [0.2, 0.25) is 5.91 Å². The average Bonchev–Trinajstić information content (AvgIpc) is 2.68. The highest BCUT2D eigenvalue weighted by Gasteiger charge is 2.13. The molecule has 1 fully saturated rings. The first-order valence-corrected chi connectivity index (χ1v) is 10.0. The first kappa shape index (κ1) is 25.6. The number of guanidine groups is 1. The Hall–Kier alpha value is -1.39. The predicted molar refractivity (Wildman–Crippen MR) is 129 cm³/mol. The van der Waals surface area contributed by atoms with E-state index in [0.29, 0.717) is 18.4 Å². The Kier molecular flexibility index (Phi) is 12.2. The lowest BCUT2D eigenvalue weighted by Gasteiger charge is -2.27. The van der Waals surface area contributed by atoms with Crippen LogP contribution in [0.15, 0.2) is 29.3 Å². The molecular weight excluding hydrogens is 481 g/mol. The Labute approximate surface area is 192 Å². The summed E-state index contributed by atoms with van der Waals surface area (Å²) in [6.45, 7) is 10.3. The van der Waals surface area contributed by atoms with Crippen molar-refractivity contribution in [1.82, 2.24) is 20.4 Å². The molecule has 1 amide bonds. The van der Waals surface area contributed by atoms with Gasteiger partial charge in [0, 0.05) is 40.3 Å². The van der Waals surface area contributed by atoms with Crippen molar-refractivity contribution in [3.8, 4) is 0 Å². The van der Waals surface area contributed by atoms with Crippen molar-refractivity contribution in [2.75, 3.05) is 53.5 Å². The van der Waals surface area contributed by atoms with Crippen molar-refractivity contribution in [3.63, 3.8) is 0 Å². The van der Waals surface area contributed by atoms with Crippen LogP contribution in [-0.4, -0.2) is 75.2 Å². The third-order valence-corrected chi connectivity index (χ3v) is 4.61. The topological polar surface area (TPSA) is 69.2 Å². The molecule has 0 spiro atoms. The molecule has 2 N–H and O–H groups in total. The van der Waals surface area contributed by atoms with Crippen molar-refractivity contribution < 1.29 is 9.53 Å². The molecule has 0 radical (unpaired) electrons. The normalized spacial score (nSPS) is 15.0. The molecule has 1 aliphatic rings. The van der Waals surface area contributed by atoms with E-state index in [1.165, 1.54) is 11.1 Å². The fraction of sp³-hybridized carbons (Fsp3) is 0.619. The second-order valence-electron chi connectivity index (χ2n) is 7.74. The number of aliphatic imine (C=N–C) groups is 1. The van der Waals surface area contributed by atoms with E-state index in [1.807, 2.05) is 0 Å². The summed E-state index contributed by atoms with van der Waals surface area (Å²) in [4.78, 5) is 20.6. The molecule has 7 nitrogen and oxygen atoms in total. The number of likely N-dealkylation sites (N-methyl/N-ethyl adjacent to an activating group) is 1. The number of carbonyl (C=O) groups is 1. The van der Waals surface area contributed by atoms with E-state index in [4.69, 9.17) is 9.73 Å². The van der Waals surface area contributed by atoms with E-state index in [9.17, 15) is 4.79 Å². The SMILES string of the molecule is CC(C)CNC(=NCc1ccccc1CN1CCOCC1)NCC(=O)N(C)C.I. The van der Waals surface area contributed by atoms with E-state index in [2.05, 4.69) is 53.6 Å². The number of benzene rings is 1. The highest BCUT2D eigenvalue weighted by Crippen LogP contribution is 2.14. The first-order valence-electron chi connectivity index (χ1n) is 10.0. The number of rotatable bonds is 8. The maximum absolute atomic E-state index is 11.9. The van der Waals surface area contributed by atoms with E-state index in [-0.39, 0.29) is 36.4 Å². The van der Waals surface area contributed by atoms with Crippen LogP contribution in [0, 0.1) is 5.92 Å². The number of amides is 1. The van der Waals surface area contributed by atoms with Crippen molar-refractivity contribution in [2.45, 2.75) is 26.9 Å². The van der Waals surface area contributed by atoms with Crippen LogP contribution in [0.3, 0.4) is 0 Å². The maximum Gasteiger partial charge on any atom is 0.241 e. The van der Waals surface area contributed by atoms with Crippen LogP contribution in [-0.2, 0) is 22.6 Å². The average molecular weight is 517 g/mol. The summed E-state index contributed by atoms with van der Waals surface area (Å²) < 4.78 is 5.44. The van der Waals surface area contributed by atoms with E-state index in [0.717, 1.165) is 39.4 Å². The number of ether oxygens (including phenoxy) is 1. The smallest absolute Gasteiger partial charge is 0.241 e. The van der Waals surface area contributed by atoms with Crippen molar-refractivity contribution >= 4 is 35.8 Å². The van der Waals surface area contributed by atoms with E-state index < -0.39 is 0 Å². The van der Waals surface area contributed by atoms with Crippen LogP contribution in [0.1, 0.15) is 25.0 Å². The molecule has 0 aliphatic carbocycles. The lowest BCUT2D eigenvalue weighted by molar-refractivity contribution is -0.127. The minimum atomic E-state index is 0. The quantitative estimate of drug-likeness (QED) is 0.314. The first-order chi connectivity index (χ1) is 13.5. The fourth-order valence-electron chi connectivity index (χ4n) is 2.82. The summed E-state index contributed by atoms with van der Waals surface area (Å²) in [5, 5.41) is 6.47. The molecule has 1 aromatic carbocycles. The summed E-state index contributed by atoms with van der Waals surface area (Å²) in [6, 6.07) is 8.43. The number of nitrogens with zero attached hydrogens (tertiary/aromatic N) is 3. The van der Waals surface area contributed by atoms with Crippen molar-refractivity contribution in [1.29, 1.82) is 0 Å². The van der Waals surface area contributed by atoms with Crippen LogP contribution in [0.5, 0.6) is 0 Å². The Morgan fingerprint density at radius 2 is 1.83 bits per heavy atom. The van der Waals surface area contributed by atoms with Crippen LogP contribution >= 0.6 is 24.0 Å². The minimum Gasteiger partial charge on any atom is -0.379 e. The zero-order chi connectivity index (χ0) is 20.4. The molecule has 2 rings (SSSR count). The molecule has 164 valence electrons. The number of halogens is 1. The van der Waals surface area contributed by atoms with Crippen LogP contribution in [0.2, 0.25) is 0 Å². The van der Waals surface area contributed by atoms with Gasteiger partial charge in [-0.05, 0) is 17.0 Å². The number of hydrogen-bond acceptors (Lipinski definition) is 4. The lowest BCUT2D eigenvalue weighted by Crippen LogP contribution is -2.44. The summed E-state index contributed by atoms with van der Waals surface area (Å²) in [5.74, 6) is 1.18. The van der Waals surface area contributed by atoms with Gasteiger partial charge >= 0.3 is 0 Å². The van der Waals surface area contributed by atoms with Crippen molar-refractivity contribution in [2.24, 2.45) is 10.9 Å². The molecule has 1 aliphatic heterocycles. The molecule has 0 saturated carbocycles. The van der Waals surface area contributed by atoms with Gasteiger partial charge in [-0.3, -0.25) is 9.69 Å². The monoisotopic (exact) mass is 517 g/mol. The second-order valence-corrected chi connectivity index (χ2v) is 7.74. The van der Waals surface area contributed by atoms with Gasteiger partial charge < -0.3 is 20.3 Å². The van der Waals surface area contributed by atoms with Crippen molar-refractivity contribution in [3.05, 3.63) is 35.4 Å².